The van der Waals surface area contributed by atoms with E-state index in [2.05, 4.69) is 52.9 Å². The first-order valence-corrected chi connectivity index (χ1v) is 7.84. The van der Waals surface area contributed by atoms with Crippen LogP contribution < -0.4 is 10.2 Å². The molecule has 0 atom stereocenters. The van der Waals surface area contributed by atoms with Gasteiger partial charge >= 0.3 is 0 Å². The molecule has 1 N–H and O–H groups in total. The van der Waals surface area contributed by atoms with E-state index in [-0.39, 0.29) is 0 Å². The van der Waals surface area contributed by atoms with Gasteiger partial charge in [0.1, 0.15) is 6.26 Å². The maximum Gasteiger partial charge on any atom is 0.297 e. The molecule has 1 aliphatic heterocycles. The van der Waals surface area contributed by atoms with Gasteiger partial charge < -0.3 is 19.5 Å². The van der Waals surface area contributed by atoms with Gasteiger partial charge in [-0.15, -0.1) is 0 Å². The van der Waals surface area contributed by atoms with Crippen molar-refractivity contribution in [2.24, 2.45) is 0 Å². The van der Waals surface area contributed by atoms with Crippen molar-refractivity contribution in [3.63, 3.8) is 0 Å². The largest absolute Gasteiger partial charge is 0.432 e. The molecule has 0 unspecified atom stereocenters. The number of anilines is 1. The number of rotatable bonds is 7. The van der Waals surface area contributed by atoms with Crippen molar-refractivity contribution in [2.45, 2.75) is 26.4 Å². The highest BCUT2D eigenvalue weighted by Crippen LogP contribution is 2.15. The van der Waals surface area contributed by atoms with Gasteiger partial charge in [0.05, 0.1) is 5.69 Å². The predicted octanol–water partition coefficient (Wildman–Crippen LogP) is 0.856. The monoisotopic (exact) mass is 295 g/mol. The van der Waals surface area contributed by atoms with Crippen molar-refractivity contribution in [3.05, 3.63) is 12.0 Å². The van der Waals surface area contributed by atoms with Gasteiger partial charge in [-0.3, -0.25) is 4.90 Å². The molecule has 120 valence electrons. The van der Waals surface area contributed by atoms with Crippen LogP contribution in [0.25, 0.3) is 0 Å². The molecule has 0 amide bonds. The van der Waals surface area contributed by atoms with Crippen molar-refractivity contribution in [1.82, 2.24) is 20.1 Å². The Kier molecular flexibility index (Phi) is 6.02. The van der Waals surface area contributed by atoms with Gasteiger partial charge in [-0.05, 0) is 14.1 Å². The molecular formula is C15H29N5O. The zero-order chi connectivity index (χ0) is 15.2. The van der Waals surface area contributed by atoms with Gasteiger partial charge in [-0.25, -0.2) is 0 Å². The van der Waals surface area contributed by atoms with E-state index >= 15 is 0 Å². The fourth-order valence-electron chi connectivity index (χ4n) is 2.34. The molecule has 6 heteroatoms. The number of piperazine rings is 1. The number of hydrogen-bond acceptors (Lipinski definition) is 6. The second-order valence-electron chi connectivity index (χ2n) is 6.29. The van der Waals surface area contributed by atoms with Crippen LogP contribution in [0.15, 0.2) is 10.7 Å². The summed E-state index contributed by atoms with van der Waals surface area (Å²) in [7, 11) is 4.24. The SMILES string of the molecule is CC(C)NCc1coc(N2CCN(CCN(C)C)CC2)n1. The van der Waals surface area contributed by atoms with Crippen LogP contribution in [0, 0.1) is 0 Å². The summed E-state index contributed by atoms with van der Waals surface area (Å²) in [6, 6.07) is 1.23. The Bertz CT molecular complexity index is 410. The first kappa shape index (κ1) is 16.3. The van der Waals surface area contributed by atoms with E-state index in [1.807, 2.05) is 0 Å². The lowest BCUT2D eigenvalue weighted by Gasteiger charge is -2.34. The summed E-state index contributed by atoms with van der Waals surface area (Å²) >= 11 is 0. The summed E-state index contributed by atoms with van der Waals surface area (Å²) in [5.74, 6) is 0. The van der Waals surface area contributed by atoms with Gasteiger partial charge in [-0.1, -0.05) is 13.8 Å². The molecule has 1 fully saturated rings. The Hall–Kier alpha value is -1.11. The average molecular weight is 295 g/mol. The maximum absolute atomic E-state index is 5.62. The number of hydrogen-bond donors (Lipinski definition) is 1. The zero-order valence-electron chi connectivity index (χ0n) is 13.8. The van der Waals surface area contributed by atoms with Gasteiger partial charge in [0.2, 0.25) is 0 Å². The summed E-state index contributed by atoms with van der Waals surface area (Å²) in [5.41, 5.74) is 0.980. The van der Waals surface area contributed by atoms with Crippen LogP contribution in [0.3, 0.4) is 0 Å². The third kappa shape index (κ3) is 5.30. The molecule has 1 aromatic rings. The Morgan fingerprint density at radius 1 is 1.29 bits per heavy atom. The molecule has 2 rings (SSSR count). The number of nitrogens with zero attached hydrogens (tertiary/aromatic N) is 4. The molecule has 0 radical (unpaired) electrons. The van der Waals surface area contributed by atoms with Crippen molar-refractivity contribution < 1.29 is 4.42 Å². The molecule has 0 saturated carbocycles. The molecule has 0 aromatic carbocycles. The number of aromatic nitrogens is 1. The average Bonchev–Trinajstić information content (AvgIpc) is 2.92. The smallest absolute Gasteiger partial charge is 0.297 e. The summed E-state index contributed by atoms with van der Waals surface area (Å²) in [6.07, 6.45) is 1.77. The van der Waals surface area contributed by atoms with E-state index < -0.39 is 0 Å². The van der Waals surface area contributed by atoms with E-state index in [1.165, 1.54) is 0 Å². The van der Waals surface area contributed by atoms with Crippen molar-refractivity contribution in [1.29, 1.82) is 0 Å². The molecule has 2 heterocycles. The van der Waals surface area contributed by atoms with E-state index in [9.17, 15) is 0 Å². The minimum absolute atomic E-state index is 0.463. The van der Waals surface area contributed by atoms with Crippen LogP contribution in [0.2, 0.25) is 0 Å². The Balaban J connectivity index is 1.77. The third-order valence-corrected chi connectivity index (χ3v) is 3.74. The van der Waals surface area contributed by atoms with E-state index in [0.717, 1.165) is 57.5 Å². The lowest BCUT2D eigenvalue weighted by molar-refractivity contribution is 0.226. The van der Waals surface area contributed by atoms with Crippen molar-refractivity contribution >= 4 is 6.01 Å². The van der Waals surface area contributed by atoms with Crippen molar-refractivity contribution in [3.8, 4) is 0 Å². The maximum atomic E-state index is 5.62. The van der Waals surface area contributed by atoms with E-state index in [1.54, 1.807) is 6.26 Å². The van der Waals surface area contributed by atoms with Crippen LogP contribution >= 0.6 is 0 Å². The highest BCUT2D eigenvalue weighted by molar-refractivity contribution is 5.28. The molecular weight excluding hydrogens is 266 g/mol. The van der Waals surface area contributed by atoms with E-state index in [0.29, 0.717) is 6.04 Å². The molecule has 1 saturated heterocycles. The topological polar surface area (TPSA) is 47.8 Å². The summed E-state index contributed by atoms with van der Waals surface area (Å²) in [5, 5.41) is 3.36. The fraction of sp³-hybridized carbons (Fsp3) is 0.800. The van der Waals surface area contributed by atoms with Crippen molar-refractivity contribution in [2.75, 3.05) is 58.3 Å². The summed E-state index contributed by atoms with van der Waals surface area (Å²) in [6.45, 7) is 11.4. The van der Waals surface area contributed by atoms with Gasteiger partial charge in [0.15, 0.2) is 0 Å². The normalized spacial score (nSPS) is 17.1. The molecule has 21 heavy (non-hydrogen) atoms. The molecule has 1 aliphatic rings. The number of oxazole rings is 1. The Morgan fingerprint density at radius 2 is 2.00 bits per heavy atom. The lowest BCUT2D eigenvalue weighted by atomic mass is 10.3. The highest BCUT2D eigenvalue weighted by Gasteiger charge is 2.20. The summed E-state index contributed by atoms with van der Waals surface area (Å²) in [4.78, 5) is 11.5. The molecule has 0 aliphatic carbocycles. The first-order valence-electron chi connectivity index (χ1n) is 7.84. The Morgan fingerprint density at radius 3 is 2.62 bits per heavy atom. The zero-order valence-corrected chi connectivity index (χ0v) is 13.8. The summed E-state index contributed by atoms with van der Waals surface area (Å²) < 4.78 is 5.62. The van der Waals surface area contributed by atoms with Crippen LogP contribution in [0.5, 0.6) is 0 Å². The van der Waals surface area contributed by atoms with Gasteiger partial charge in [-0.2, -0.15) is 4.98 Å². The molecule has 1 aromatic heterocycles. The minimum atomic E-state index is 0.463. The van der Waals surface area contributed by atoms with Crippen LogP contribution in [-0.2, 0) is 6.54 Å². The second-order valence-corrected chi connectivity index (χ2v) is 6.29. The molecule has 6 nitrogen and oxygen atoms in total. The first-order chi connectivity index (χ1) is 10.0. The quantitative estimate of drug-likeness (QED) is 0.805. The van der Waals surface area contributed by atoms with Gasteiger partial charge in [0, 0.05) is 51.9 Å². The Labute approximate surface area is 128 Å². The molecule has 0 spiro atoms. The highest BCUT2D eigenvalue weighted by atomic mass is 16.4. The molecule has 0 bridgehead atoms. The van der Waals surface area contributed by atoms with Crippen LogP contribution in [0.4, 0.5) is 6.01 Å². The van der Waals surface area contributed by atoms with Crippen LogP contribution in [0.1, 0.15) is 19.5 Å². The fourth-order valence-corrected chi connectivity index (χ4v) is 2.34. The predicted molar refractivity (Wildman–Crippen MR) is 85.7 cm³/mol. The third-order valence-electron chi connectivity index (χ3n) is 3.74. The minimum Gasteiger partial charge on any atom is -0.432 e. The van der Waals surface area contributed by atoms with E-state index in [4.69, 9.17) is 4.42 Å². The number of likely N-dealkylation sites (N-methyl/N-ethyl adjacent to an activating group) is 1. The number of nitrogens with one attached hydrogen (secondary N) is 1. The lowest BCUT2D eigenvalue weighted by Crippen LogP contribution is -2.48. The van der Waals surface area contributed by atoms with Crippen LogP contribution in [-0.4, -0.2) is 74.2 Å². The van der Waals surface area contributed by atoms with Gasteiger partial charge in [0.25, 0.3) is 6.01 Å². The standard InChI is InChI=1S/C15H29N5O/c1-13(2)16-11-14-12-21-15(17-14)20-9-7-19(8-10-20)6-5-18(3)4/h12-13,16H,5-11H2,1-4H3. The second kappa shape index (κ2) is 7.77.